The number of nitrogens with one attached hydrogen (secondary N) is 1. The minimum Gasteiger partial charge on any atom is -0.377 e. The number of ketones is 1. The summed E-state index contributed by atoms with van der Waals surface area (Å²) in [7, 11) is 0. The van der Waals surface area contributed by atoms with Crippen LogP contribution in [0.15, 0.2) is 42.7 Å². The Morgan fingerprint density at radius 1 is 1.19 bits per heavy atom. The monoisotopic (exact) mass is 386 g/mol. The lowest BCUT2D eigenvalue weighted by Crippen LogP contribution is -2.82. The summed E-state index contributed by atoms with van der Waals surface area (Å²) < 4.78 is 19.1. The number of nitrogens with zero attached hydrogens (tertiary/aromatic N) is 1. The van der Waals surface area contributed by atoms with E-state index >= 15 is 0 Å². The molecular weight excluding hydrogens is 367 g/mol. The molecule has 2 heterocycles. The molecule has 4 fully saturated rings. The van der Waals surface area contributed by atoms with Crippen LogP contribution in [0.4, 0.5) is 4.39 Å². The molecule has 6 rings (SSSR count). The maximum Gasteiger partial charge on any atom is 0.165 e. The average molecular weight is 387 g/mol. The molecule has 0 unspecified atom stereocenters. The van der Waals surface area contributed by atoms with E-state index in [1.165, 1.54) is 17.7 Å². The molecule has 140 valence electrons. The fourth-order valence-electron chi connectivity index (χ4n) is 5.14. The van der Waals surface area contributed by atoms with Gasteiger partial charge in [-0.05, 0) is 55.2 Å². The number of rotatable bonds is 6. The first-order valence-corrected chi connectivity index (χ1v) is 9.57. The van der Waals surface area contributed by atoms with Gasteiger partial charge in [0, 0.05) is 35.3 Å². The Morgan fingerprint density at radius 2 is 1.89 bits per heavy atom. The van der Waals surface area contributed by atoms with Crippen LogP contribution in [0.1, 0.15) is 41.6 Å². The molecule has 6 heteroatoms. The Hall–Kier alpha value is -1.82. The zero-order valence-corrected chi connectivity index (χ0v) is 15.6. The Kier molecular flexibility index (Phi) is 3.74. The van der Waals surface area contributed by atoms with Crippen molar-refractivity contribution in [1.29, 1.82) is 0 Å². The maximum absolute atomic E-state index is 13.7. The predicted octanol–water partition coefficient (Wildman–Crippen LogP) is 3.68. The molecule has 2 bridgehead atoms. The van der Waals surface area contributed by atoms with Crippen LogP contribution in [0.2, 0.25) is 5.02 Å². The highest BCUT2D eigenvalue weighted by Gasteiger charge is 2.70. The maximum atomic E-state index is 13.7. The van der Waals surface area contributed by atoms with Gasteiger partial charge in [0.15, 0.2) is 5.78 Å². The van der Waals surface area contributed by atoms with Gasteiger partial charge in [0.05, 0.1) is 23.8 Å². The van der Waals surface area contributed by atoms with Crippen molar-refractivity contribution in [3.8, 4) is 0 Å². The number of carbonyl (C=O) groups excluding carboxylic acids is 1. The van der Waals surface area contributed by atoms with Gasteiger partial charge in [0.2, 0.25) is 0 Å². The number of benzene rings is 1. The molecule has 3 aliphatic carbocycles. The minimum atomic E-state index is -0.562. The molecule has 1 aromatic carbocycles. The summed E-state index contributed by atoms with van der Waals surface area (Å²) in [4.78, 5) is 16.8. The minimum absolute atomic E-state index is 0.0293. The fourth-order valence-corrected chi connectivity index (χ4v) is 5.26. The van der Waals surface area contributed by atoms with Gasteiger partial charge in [-0.25, -0.2) is 4.39 Å². The molecule has 0 atom stereocenters. The van der Waals surface area contributed by atoms with Crippen molar-refractivity contribution in [3.63, 3.8) is 0 Å². The van der Waals surface area contributed by atoms with E-state index in [-0.39, 0.29) is 27.3 Å². The third-order valence-corrected chi connectivity index (χ3v) is 6.66. The summed E-state index contributed by atoms with van der Waals surface area (Å²) in [5.41, 5.74) is 1.73. The second-order valence-corrected chi connectivity index (χ2v) is 8.86. The Balaban J connectivity index is 1.26. The number of hydrogen-bond acceptors (Lipinski definition) is 4. The van der Waals surface area contributed by atoms with Crippen molar-refractivity contribution in [2.75, 3.05) is 13.2 Å². The zero-order valence-electron chi connectivity index (χ0n) is 14.8. The highest BCUT2D eigenvalue weighted by Crippen LogP contribution is 2.68. The summed E-state index contributed by atoms with van der Waals surface area (Å²) in [5, 5.41) is 3.78. The van der Waals surface area contributed by atoms with Gasteiger partial charge in [-0.1, -0.05) is 11.6 Å². The van der Waals surface area contributed by atoms with E-state index in [2.05, 4.69) is 22.4 Å². The molecular formula is C21H20ClFN2O2. The van der Waals surface area contributed by atoms with Gasteiger partial charge in [-0.2, -0.15) is 0 Å². The number of pyridine rings is 1. The van der Waals surface area contributed by atoms with Crippen molar-refractivity contribution in [3.05, 3.63) is 64.7 Å². The number of Topliss-reactive ketones (excluding diaryl/α,β-unsaturated/α-hetero) is 1. The SMILES string of the molecule is O=C(CC1(NC23CC(c4ccncc4)(C2)C3)COC1)c1ccc(Cl)c(F)c1. The summed E-state index contributed by atoms with van der Waals surface area (Å²) in [6.07, 6.45) is 7.24. The lowest BCUT2D eigenvalue weighted by Gasteiger charge is -2.73. The van der Waals surface area contributed by atoms with Crippen LogP contribution < -0.4 is 5.32 Å². The molecule has 1 aliphatic heterocycles. The van der Waals surface area contributed by atoms with Gasteiger partial charge in [-0.15, -0.1) is 0 Å². The Morgan fingerprint density at radius 3 is 2.48 bits per heavy atom. The lowest BCUT2D eigenvalue weighted by atomic mass is 9.37. The van der Waals surface area contributed by atoms with E-state index in [9.17, 15) is 9.18 Å². The van der Waals surface area contributed by atoms with Crippen molar-refractivity contribution in [1.82, 2.24) is 10.3 Å². The average Bonchev–Trinajstić information content (AvgIpc) is 2.57. The van der Waals surface area contributed by atoms with E-state index in [0.717, 1.165) is 19.3 Å². The molecule has 1 aromatic heterocycles. The second kappa shape index (κ2) is 5.84. The van der Waals surface area contributed by atoms with Crippen LogP contribution in [-0.4, -0.2) is 35.1 Å². The number of aromatic nitrogens is 1. The van der Waals surface area contributed by atoms with Crippen LogP contribution in [0.3, 0.4) is 0 Å². The topological polar surface area (TPSA) is 51.2 Å². The van der Waals surface area contributed by atoms with Crippen LogP contribution in [-0.2, 0) is 10.2 Å². The Labute approximate surface area is 162 Å². The molecule has 4 aliphatic rings. The van der Waals surface area contributed by atoms with Crippen LogP contribution in [0.25, 0.3) is 0 Å². The molecule has 3 saturated carbocycles. The quantitative estimate of drug-likeness (QED) is 0.769. The summed E-state index contributed by atoms with van der Waals surface area (Å²) in [6.45, 7) is 1.03. The van der Waals surface area contributed by atoms with Gasteiger partial charge < -0.3 is 10.1 Å². The number of hydrogen-bond donors (Lipinski definition) is 1. The van der Waals surface area contributed by atoms with Gasteiger partial charge in [0.1, 0.15) is 5.82 Å². The number of halogens is 2. The van der Waals surface area contributed by atoms with Gasteiger partial charge in [-0.3, -0.25) is 9.78 Å². The van der Waals surface area contributed by atoms with E-state index < -0.39 is 5.82 Å². The summed E-state index contributed by atoms with van der Waals surface area (Å²) in [6, 6.07) is 8.44. The highest BCUT2D eigenvalue weighted by molar-refractivity contribution is 6.30. The molecule has 0 amide bonds. The smallest absolute Gasteiger partial charge is 0.165 e. The van der Waals surface area contributed by atoms with Crippen molar-refractivity contribution in [2.45, 2.75) is 42.2 Å². The first-order valence-electron chi connectivity index (χ1n) is 9.19. The van der Waals surface area contributed by atoms with E-state index in [1.807, 2.05) is 12.4 Å². The fraction of sp³-hybridized carbons (Fsp3) is 0.429. The third kappa shape index (κ3) is 2.72. The molecule has 1 N–H and O–H groups in total. The van der Waals surface area contributed by atoms with Crippen LogP contribution in [0, 0.1) is 5.82 Å². The largest absolute Gasteiger partial charge is 0.377 e. The van der Waals surface area contributed by atoms with Crippen molar-refractivity contribution in [2.24, 2.45) is 0 Å². The lowest BCUT2D eigenvalue weighted by molar-refractivity contribution is -0.158. The summed E-state index contributed by atoms with van der Waals surface area (Å²) >= 11 is 5.72. The van der Waals surface area contributed by atoms with E-state index in [1.54, 1.807) is 6.07 Å². The predicted molar refractivity (Wildman–Crippen MR) is 99.5 cm³/mol. The van der Waals surface area contributed by atoms with Crippen LogP contribution >= 0.6 is 11.6 Å². The standard InChI is InChI=1S/C21H20ClFN2O2/c22-16-2-1-14(7-17(16)23)18(26)8-20(12-27-13-20)25-21-9-19(10-21,11-21)15-3-5-24-6-4-15/h1-7,25H,8-13H2. The first-order chi connectivity index (χ1) is 12.9. The highest BCUT2D eigenvalue weighted by atomic mass is 35.5. The van der Waals surface area contributed by atoms with Crippen molar-refractivity contribution < 1.29 is 13.9 Å². The third-order valence-electron chi connectivity index (χ3n) is 6.35. The number of ether oxygens (including phenoxy) is 1. The first kappa shape index (κ1) is 17.3. The molecule has 0 spiro atoms. The molecule has 4 nitrogen and oxygen atoms in total. The Bertz CT molecular complexity index is 894. The van der Waals surface area contributed by atoms with E-state index in [0.29, 0.717) is 25.2 Å². The molecule has 27 heavy (non-hydrogen) atoms. The summed E-state index contributed by atoms with van der Waals surface area (Å²) in [5.74, 6) is -0.648. The van der Waals surface area contributed by atoms with E-state index in [4.69, 9.17) is 16.3 Å². The molecule has 2 aromatic rings. The second-order valence-electron chi connectivity index (χ2n) is 8.45. The normalized spacial score (nSPS) is 30.0. The number of carbonyl (C=O) groups is 1. The van der Waals surface area contributed by atoms with Gasteiger partial charge in [0.25, 0.3) is 0 Å². The van der Waals surface area contributed by atoms with Crippen molar-refractivity contribution >= 4 is 17.4 Å². The molecule has 0 radical (unpaired) electrons. The van der Waals surface area contributed by atoms with Gasteiger partial charge >= 0.3 is 0 Å². The zero-order chi connectivity index (χ0) is 18.7. The molecule has 1 saturated heterocycles. The van der Waals surface area contributed by atoms with Crippen LogP contribution in [0.5, 0.6) is 0 Å².